The lowest BCUT2D eigenvalue weighted by molar-refractivity contribution is 0.0689. The summed E-state index contributed by atoms with van der Waals surface area (Å²) in [5.74, 6) is 1.98. The fourth-order valence-corrected chi connectivity index (χ4v) is 4.57. The van der Waals surface area contributed by atoms with E-state index in [-0.39, 0.29) is 17.7 Å². The molecular weight excluding hydrogens is 400 g/mol. The number of benzene rings is 1. The van der Waals surface area contributed by atoms with E-state index in [0.717, 1.165) is 35.8 Å². The number of hydrogen-bond acceptors (Lipinski definition) is 5. The second-order valence-corrected chi connectivity index (χ2v) is 8.79. The average molecular weight is 427 g/mol. The molecule has 158 valence electrons. The molecule has 1 aliphatic rings. The Morgan fingerprint density at radius 2 is 1.97 bits per heavy atom. The number of hydrogen-bond donors (Lipinski definition) is 1. The van der Waals surface area contributed by atoms with Crippen LogP contribution >= 0.6 is 11.3 Å². The summed E-state index contributed by atoms with van der Waals surface area (Å²) < 4.78 is 7.30. The Hall–Kier alpha value is -2.87. The van der Waals surface area contributed by atoms with Crippen LogP contribution in [0.3, 0.4) is 0 Å². The van der Waals surface area contributed by atoms with E-state index in [1.54, 1.807) is 4.57 Å². The van der Waals surface area contributed by atoms with Crippen molar-refractivity contribution in [3.05, 3.63) is 63.7 Å². The van der Waals surface area contributed by atoms with Gasteiger partial charge in [-0.3, -0.25) is 4.79 Å². The zero-order valence-electron chi connectivity index (χ0n) is 17.2. The summed E-state index contributed by atoms with van der Waals surface area (Å²) in [5.41, 5.74) is 0.480. The number of aromatic nitrogens is 3. The molecule has 0 atom stereocenters. The zero-order valence-corrected chi connectivity index (χ0v) is 18.0. The molecule has 4 rings (SSSR count). The molecule has 2 aromatic heterocycles. The fraction of sp³-hybridized carbons (Fsp3) is 0.409. The molecule has 0 spiro atoms. The van der Waals surface area contributed by atoms with Crippen molar-refractivity contribution in [2.75, 3.05) is 13.1 Å². The first kappa shape index (κ1) is 20.4. The minimum atomic E-state index is -0.204. The smallest absolute Gasteiger partial charge is 0.348 e. The molecule has 0 unspecified atom stereocenters. The number of aromatic amines is 1. The lowest BCUT2D eigenvalue weighted by atomic mass is 9.93. The molecule has 1 N–H and O–H groups in total. The van der Waals surface area contributed by atoms with E-state index in [4.69, 9.17) is 4.74 Å². The van der Waals surface area contributed by atoms with Gasteiger partial charge in [-0.2, -0.15) is 5.10 Å². The summed E-state index contributed by atoms with van der Waals surface area (Å²) >= 11 is 1.52. The predicted octanol–water partition coefficient (Wildman–Crippen LogP) is 3.50. The monoisotopic (exact) mass is 426 g/mol. The van der Waals surface area contributed by atoms with Crippen LogP contribution in [0, 0.1) is 5.92 Å². The van der Waals surface area contributed by atoms with Gasteiger partial charge >= 0.3 is 5.69 Å². The van der Waals surface area contributed by atoms with Gasteiger partial charge < -0.3 is 9.64 Å². The third kappa shape index (κ3) is 4.48. The highest BCUT2D eigenvalue weighted by Crippen LogP contribution is 2.24. The van der Waals surface area contributed by atoms with Crippen molar-refractivity contribution in [2.24, 2.45) is 5.92 Å². The first-order valence-electron chi connectivity index (χ1n) is 10.3. The second kappa shape index (κ2) is 8.87. The number of piperidine rings is 1. The van der Waals surface area contributed by atoms with E-state index in [1.807, 2.05) is 60.5 Å². The lowest BCUT2D eigenvalue weighted by Crippen LogP contribution is -2.39. The number of thiophene rings is 1. The summed E-state index contributed by atoms with van der Waals surface area (Å²) in [7, 11) is 0. The molecule has 0 saturated carbocycles. The van der Waals surface area contributed by atoms with Crippen molar-refractivity contribution >= 4 is 17.2 Å². The van der Waals surface area contributed by atoms with E-state index in [1.165, 1.54) is 11.3 Å². The molecular formula is C22H26N4O3S. The first-order chi connectivity index (χ1) is 14.5. The van der Waals surface area contributed by atoms with Gasteiger partial charge in [0.1, 0.15) is 16.6 Å². The molecule has 1 amide bonds. The molecule has 3 aromatic rings. The van der Waals surface area contributed by atoms with Crippen LogP contribution < -0.4 is 10.4 Å². The fourth-order valence-electron chi connectivity index (χ4n) is 3.82. The average Bonchev–Trinajstić information content (AvgIpc) is 3.38. The van der Waals surface area contributed by atoms with E-state index in [2.05, 4.69) is 10.2 Å². The molecule has 0 bridgehead atoms. The van der Waals surface area contributed by atoms with E-state index in [0.29, 0.717) is 24.6 Å². The van der Waals surface area contributed by atoms with Crippen molar-refractivity contribution in [2.45, 2.75) is 39.2 Å². The molecule has 30 heavy (non-hydrogen) atoms. The van der Waals surface area contributed by atoms with Gasteiger partial charge in [-0.05, 0) is 74.4 Å². The Balaban J connectivity index is 1.35. The van der Waals surface area contributed by atoms with E-state index in [9.17, 15) is 9.59 Å². The van der Waals surface area contributed by atoms with Crippen LogP contribution in [0.4, 0.5) is 0 Å². The van der Waals surface area contributed by atoms with Gasteiger partial charge in [0.25, 0.3) is 5.91 Å². The van der Waals surface area contributed by atoms with E-state index < -0.39 is 0 Å². The molecule has 1 saturated heterocycles. The summed E-state index contributed by atoms with van der Waals surface area (Å²) in [6.07, 6.45) is 2.62. The number of nitrogens with one attached hydrogen (secondary N) is 1. The molecule has 1 aromatic carbocycles. The lowest BCUT2D eigenvalue weighted by Gasteiger charge is -2.32. The molecule has 1 aliphatic heterocycles. The van der Waals surface area contributed by atoms with Crippen LogP contribution in [0.2, 0.25) is 0 Å². The quantitative estimate of drug-likeness (QED) is 0.654. The number of rotatable bonds is 6. The summed E-state index contributed by atoms with van der Waals surface area (Å²) in [5, 5.41) is 9.63. The van der Waals surface area contributed by atoms with Gasteiger partial charge in [-0.15, -0.1) is 11.3 Å². The van der Waals surface area contributed by atoms with Gasteiger partial charge in [0, 0.05) is 25.1 Å². The number of carbonyl (C=O) groups is 1. The van der Waals surface area contributed by atoms with Gasteiger partial charge in [0.2, 0.25) is 0 Å². The molecule has 1 fully saturated rings. The third-order valence-electron chi connectivity index (χ3n) is 5.31. The third-order valence-corrected chi connectivity index (χ3v) is 6.17. The highest BCUT2D eigenvalue weighted by molar-refractivity contribution is 7.12. The van der Waals surface area contributed by atoms with Gasteiger partial charge in [-0.1, -0.05) is 0 Å². The largest absolute Gasteiger partial charge is 0.491 e. The van der Waals surface area contributed by atoms with Crippen LogP contribution in [0.25, 0.3) is 5.00 Å². The first-order valence-corrected chi connectivity index (χ1v) is 11.2. The van der Waals surface area contributed by atoms with Crippen molar-refractivity contribution in [3.8, 4) is 10.8 Å². The Morgan fingerprint density at radius 3 is 2.60 bits per heavy atom. The van der Waals surface area contributed by atoms with Crippen molar-refractivity contribution in [1.82, 2.24) is 19.7 Å². The maximum Gasteiger partial charge on any atom is 0.348 e. The minimum absolute atomic E-state index is 0.0554. The maximum absolute atomic E-state index is 12.8. The normalized spacial score (nSPS) is 15.0. The predicted molar refractivity (Wildman–Crippen MR) is 117 cm³/mol. The van der Waals surface area contributed by atoms with Gasteiger partial charge in [-0.25, -0.2) is 14.5 Å². The topological polar surface area (TPSA) is 80.2 Å². The number of nitrogens with zero attached hydrogens (tertiary/aromatic N) is 3. The highest BCUT2D eigenvalue weighted by Gasteiger charge is 2.25. The van der Waals surface area contributed by atoms with Crippen LogP contribution in [-0.4, -0.2) is 44.8 Å². The van der Waals surface area contributed by atoms with Crippen molar-refractivity contribution < 1.29 is 9.53 Å². The number of likely N-dealkylation sites (tertiary alicyclic amines) is 1. The van der Waals surface area contributed by atoms with Gasteiger partial charge in [0.15, 0.2) is 0 Å². The Morgan fingerprint density at radius 1 is 1.23 bits per heavy atom. The van der Waals surface area contributed by atoms with Crippen LogP contribution in [0.5, 0.6) is 5.75 Å². The van der Waals surface area contributed by atoms with E-state index >= 15 is 0 Å². The van der Waals surface area contributed by atoms with Crippen molar-refractivity contribution in [1.29, 1.82) is 0 Å². The summed E-state index contributed by atoms with van der Waals surface area (Å²) in [6.45, 7) is 5.38. The van der Waals surface area contributed by atoms with Crippen molar-refractivity contribution in [3.63, 3.8) is 0 Å². The van der Waals surface area contributed by atoms with Gasteiger partial charge in [0.05, 0.1) is 6.10 Å². The molecule has 7 nitrogen and oxygen atoms in total. The SMILES string of the molecule is CC(C)Oc1ccc(C(=O)N2CCC(Cc3n[nH]c(=O)n3-c3cccs3)CC2)cc1. The van der Waals surface area contributed by atoms with Crippen LogP contribution in [-0.2, 0) is 6.42 Å². The summed E-state index contributed by atoms with van der Waals surface area (Å²) in [6, 6.07) is 11.2. The van der Waals surface area contributed by atoms with Crippen LogP contribution in [0.1, 0.15) is 42.9 Å². The standard InChI is InChI=1S/C22H26N4O3S/c1-15(2)29-18-7-5-17(6-8-18)21(27)25-11-9-16(10-12-25)14-19-23-24-22(28)26(19)20-4-3-13-30-20/h3-8,13,15-16H,9-12,14H2,1-2H3,(H,24,28). The summed E-state index contributed by atoms with van der Waals surface area (Å²) in [4.78, 5) is 26.9. The number of ether oxygens (including phenoxy) is 1. The number of carbonyl (C=O) groups excluding carboxylic acids is 1. The minimum Gasteiger partial charge on any atom is -0.491 e. The van der Waals surface area contributed by atoms with Crippen LogP contribution in [0.15, 0.2) is 46.6 Å². The molecule has 0 aliphatic carbocycles. The Labute approximate surface area is 179 Å². The number of H-pyrrole nitrogens is 1. The highest BCUT2D eigenvalue weighted by atomic mass is 32.1. The molecule has 3 heterocycles. The Kier molecular flexibility index (Phi) is 6.03. The molecule has 0 radical (unpaired) electrons. The number of amides is 1. The second-order valence-electron chi connectivity index (χ2n) is 7.86. The molecule has 8 heteroatoms. The maximum atomic E-state index is 12.8. The zero-order chi connectivity index (χ0) is 21.1. The Bertz CT molecular complexity index is 1030.